The van der Waals surface area contributed by atoms with Gasteiger partial charge in [0.15, 0.2) is 5.78 Å². The molecule has 7 atom stereocenters. The number of rotatable bonds is 4. The van der Waals surface area contributed by atoms with E-state index in [1.54, 1.807) is 0 Å². The molecule has 9 heteroatoms. The standard InChI is InChI=1S/C39H58ClN3O5/c1-33(2,3)47-32(46)42-43(29(45)12-18-40)23-39-16-14-34(4,5)21-25(39)30-26(44)19-28-36(8)20-24-22-41-48-31(24)35(6,7)27(36)11-13-37(28,9)38(30,10)15-17-39/h19,22,25,27,30H,11-18,20-21,23H2,1-10H3,(H,42,46)/t25-,27-,30-,36-,37+,38+,39+/m0/s1. The molecule has 0 radical (unpaired) electrons. The van der Waals surface area contributed by atoms with Crippen LogP contribution < -0.4 is 5.43 Å². The quantitative estimate of drug-likeness (QED) is 0.252. The first kappa shape index (κ1) is 35.5. The molecule has 5 aliphatic rings. The number of alkyl halides is 1. The molecule has 266 valence electrons. The predicted molar refractivity (Wildman–Crippen MR) is 186 cm³/mol. The number of nitrogens with zero attached hydrogens (tertiary/aromatic N) is 2. The maximum Gasteiger partial charge on any atom is 0.426 e. The first-order valence-corrected chi connectivity index (χ1v) is 18.7. The number of carbonyl (C=O) groups is 3. The van der Waals surface area contributed by atoms with Crippen molar-refractivity contribution in [3.63, 3.8) is 0 Å². The third kappa shape index (κ3) is 5.37. The molecule has 3 saturated carbocycles. The van der Waals surface area contributed by atoms with Crippen molar-refractivity contribution in [2.24, 2.45) is 44.8 Å². The minimum Gasteiger partial charge on any atom is -0.443 e. The Morgan fingerprint density at radius 3 is 2.42 bits per heavy atom. The Labute approximate surface area is 292 Å². The van der Waals surface area contributed by atoms with Crippen molar-refractivity contribution >= 4 is 29.4 Å². The van der Waals surface area contributed by atoms with Crippen LogP contribution in [0.5, 0.6) is 0 Å². The van der Waals surface area contributed by atoms with Crippen LogP contribution in [0.4, 0.5) is 4.79 Å². The van der Waals surface area contributed by atoms with Gasteiger partial charge in [-0.15, -0.1) is 11.6 Å². The average Bonchev–Trinajstić information content (AvgIpc) is 3.42. The average molecular weight is 684 g/mol. The van der Waals surface area contributed by atoms with Gasteiger partial charge in [-0.3, -0.25) is 14.6 Å². The molecule has 1 aromatic rings. The zero-order valence-corrected chi connectivity index (χ0v) is 31.7. The summed E-state index contributed by atoms with van der Waals surface area (Å²) in [5, 5.41) is 5.69. The summed E-state index contributed by atoms with van der Waals surface area (Å²) in [6.45, 7) is 22.3. The van der Waals surface area contributed by atoms with Crippen molar-refractivity contribution < 1.29 is 23.6 Å². The van der Waals surface area contributed by atoms with Gasteiger partial charge in [0, 0.05) is 35.7 Å². The third-order valence-electron chi connectivity index (χ3n) is 14.2. The van der Waals surface area contributed by atoms with Crippen molar-refractivity contribution in [1.82, 2.24) is 15.6 Å². The van der Waals surface area contributed by atoms with E-state index in [1.807, 2.05) is 27.0 Å². The van der Waals surface area contributed by atoms with Gasteiger partial charge < -0.3 is 9.26 Å². The molecular weight excluding hydrogens is 626 g/mol. The maximum atomic E-state index is 15.0. The second kappa shape index (κ2) is 11.3. The topological polar surface area (TPSA) is 102 Å². The molecule has 2 amide bonds. The van der Waals surface area contributed by atoms with Crippen LogP contribution in [-0.2, 0) is 26.2 Å². The van der Waals surface area contributed by atoms with E-state index in [9.17, 15) is 14.4 Å². The van der Waals surface area contributed by atoms with Gasteiger partial charge >= 0.3 is 6.09 Å². The van der Waals surface area contributed by atoms with E-state index in [2.05, 4.69) is 65.1 Å². The number of allylic oxidation sites excluding steroid dienone is 2. The Morgan fingerprint density at radius 2 is 1.75 bits per heavy atom. The van der Waals surface area contributed by atoms with Gasteiger partial charge in [0.25, 0.3) is 0 Å². The molecule has 0 saturated heterocycles. The first-order chi connectivity index (χ1) is 22.1. The van der Waals surface area contributed by atoms with Gasteiger partial charge in [-0.2, -0.15) is 0 Å². The summed E-state index contributed by atoms with van der Waals surface area (Å²) in [6.07, 6.45) is 10.9. The molecule has 8 nitrogen and oxygen atoms in total. The molecule has 6 rings (SSSR count). The number of aromatic nitrogens is 1. The van der Waals surface area contributed by atoms with Crippen molar-refractivity contribution in [3.05, 3.63) is 29.2 Å². The highest BCUT2D eigenvalue weighted by Crippen LogP contribution is 2.74. The SMILES string of the molecule is CC1(C)CC[C@]2(CN(NC(=O)OC(C)(C)C)C(=O)CCCl)CC[C@]3(C)[C@H](C(=O)C=C4[C@@]5(C)Cc6cnoc6C(C)(C)[C@@H]5CC[C@]43C)[C@@H]2C1. The smallest absolute Gasteiger partial charge is 0.426 e. The lowest BCUT2D eigenvalue weighted by Gasteiger charge is -2.70. The maximum absolute atomic E-state index is 15.0. The summed E-state index contributed by atoms with van der Waals surface area (Å²) in [6, 6.07) is 0. The van der Waals surface area contributed by atoms with Crippen LogP contribution in [0.1, 0.15) is 132 Å². The third-order valence-corrected chi connectivity index (χ3v) is 14.4. The van der Waals surface area contributed by atoms with Gasteiger partial charge in [-0.1, -0.05) is 59.2 Å². The van der Waals surface area contributed by atoms with Gasteiger partial charge in [0.2, 0.25) is 5.91 Å². The molecule has 1 heterocycles. The van der Waals surface area contributed by atoms with E-state index in [1.165, 1.54) is 16.1 Å². The number of hydrazine groups is 1. The van der Waals surface area contributed by atoms with E-state index in [-0.39, 0.29) is 68.3 Å². The Morgan fingerprint density at radius 1 is 1.06 bits per heavy atom. The normalized spacial score (nSPS) is 37.9. The van der Waals surface area contributed by atoms with E-state index >= 15 is 0 Å². The number of fused-ring (bicyclic) bond motifs is 8. The molecule has 0 aliphatic heterocycles. The molecule has 0 bridgehead atoms. The largest absolute Gasteiger partial charge is 0.443 e. The number of ether oxygens (including phenoxy) is 1. The minimum atomic E-state index is -0.708. The zero-order chi connectivity index (χ0) is 35.3. The summed E-state index contributed by atoms with van der Waals surface area (Å²) >= 11 is 6.06. The summed E-state index contributed by atoms with van der Waals surface area (Å²) in [4.78, 5) is 41.5. The zero-order valence-electron chi connectivity index (χ0n) is 31.0. The molecule has 0 unspecified atom stereocenters. The highest BCUT2D eigenvalue weighted by molar-refractivity contribution is 6.18. The fourth-order valence-electron chi connectivity index (χ4n) is 11.8. The highest BCUT2D eigenvalue weighted by Gasteiger charge is 2.70. The van der Waals surface area contributed by atoms with Crippen molar-refractivity contribution in [3.8, 4) is 0 Å². The summed E-state index contributed by atoms with van der Waals surface area (Å²) in [5.41, 5.74) is 3.56. The summed E-state index contributed by atoms with van der Waals surface area (Å²) < 4.78 is 11.4. The van der Waals surface area contributed by atoms with Crippen LogP contribution in [0, 0.1) is 44.8 Å². The lowest BCUT2D eigenvalue weighted by atomic mass is 9.34. The second-order valence-corrected chi connectivity index (χ2v) is 19.5. The van der Waals surface area contributed by atoms with Crippen LogP contribution in [0.25, 0.3) is 0 Å². The minimum absolute atomic E-state index is 0.0584. The molecule has 0 spiro atoms. The van der Waals surface area contributed by atoms with Gasteiger partial charge in [0.05, 0.1) is 6.20 Å². The molecule has 5 aliphatic carbocycles. The number of ketones is 1. The highest BCUT2D eigenvalue weighted by atomic mass is 35.5. The van der Waals surface area contributed by atoms with Gasteiger partial charge in [-0.25, -0.2) is 10.2 Å². The van der Waals surface area contributed by atoms with E-state index in [0.717, 1.165) is 57.1 Å². The first-order valence-electron chi connectivity index (χ1n) is 18.2. The van der Waals surface area contributed by atoms with E-state index in [4.69, 9.17) is 20.9 Å². The van der Waals surface area contributed by atoms with Crippen LogP contribution in [0.15, 0.2) is 22.4 Å². The fourth-order valence-corrected chi connectivity index (χ4v) is 12.0. The summed E-state index contributed by atoms with van der Waals surface area (Å²) in [7, 11) is 0. The number of hydrogen-bond donors (Lipinski definition) is 1. The van der Waals surface area contributed by atoms with Gasteiger partial charge in [-0.05, 0) is 117 Å². The molecule has 3 fully saturated rings. The fraction of sp³-hybridized carbons (Fsp3) is 0.795. The van der Waals surface area contributed by atoms with Gasteiger partial charge in [0.1, 0.15) is 11.4 Å². The van der Waals surface area contributed by atoms with Crippen molar-refractivity contribution in [2.45, 2.75) is 138 Å². The van der Waals surface area contributed by atoms with Crippen LogP contribution in [-0.4, -0.2) is 46.0 Å². The monoisotopic (exact) mass is 683 g/mol. The van der Waals surface area contributed by atoms with E-state index < -0.39 is 11.7 Å². The molecule has 1 aromatic heterocycles. The Bertz CT molecular complexity index is 1520. The summed E-state index contributed by atoms with van der Waals surface area (Å²) in [5.74, 6) is 1.40. The Hall–Kier alpha value is -2.35. The van der Waals surface area contributed by atoms with Crippen LogP contribution >= 0.6 is 11.6 Å². The lowest BCUT2D eigenvalue weighted by Crippen LogP contribution is -2.66. The van der Waals surface area contributed by atoms with Crippen LogP contribution in [0.3, 0.4) is 0 Å². The number of carbonyl (C=O) groups excluding carboxylic acids is 3. The predicted octanol–water partition coefficient (Wildman–Crippen LogP) is 8.57. The molecule has 0 aromatic carbocycles. The number of hydrogen-bond acceptors (Lipinski definition) is 6. The number of amides is 2. The van der Waals surface area contributed by atoms with Crippen LogP contribution in [0.2, 0.25) is 0 Å². The lowest BCUT2D eigenvalue weighted by molar-refractivity contribution is -0.178. The number of nitrogens with one attached hydrogen (secondary N) is 1. The molecule has 48 heavy (non-hydrogen) atoms. The Balaban J connectivity index is 1.41. The Kier molecular flexibility index (Phi) is 8.37. The number of halogens is 1. The second-order valence-electron chi connectivity index (χ2n) is 19.1. The van der Waals surface area contributed by atoms with E-state index in [0.29, 0.717) is 12.5 Å². The van der Waals surface area contributed by atoms with Crippen molar-refractivity contribution in [1.29, 1.82) is 0 Å². The molecule has 1 N–H and O–H groups in total. The van der Waals surface area contributed by atoms with Crippen molar-refractivity contribution in [2.75, 3.05) is 12.4 Å². The molecular formula is C39H58ClN3O5.